The molecular formula is C27H32N2O2. The molecule has 1 fully saturated rings. The first kappa shape index (κ1) is 20.3. The van der Waals surface area contributed by atoms with Gasteiger partial charge in [-0.3, -0.25) is 9.59 Å². The zero-order chi connectivity index (χ0) is 21.5. The Hall–Kier alpha value is -2.62. The highest BCUT2D eigenvalue weighted by atomic mass is 16.2. The Bertz CT molecular complexity index is 943. The zero-order valence-electron chi connectivity index (χ0n) is 18.5. The summed E-state index contributed by atoms with van der Waals surface area (Å²) in [6, 6.07) is 17.7. The molecule has 2 aromatic rings. The molecule has 0 unspecified atom stereocenters. The molecule has 3 aliphatic carbocycles. The van der Waals surface area contributed by atoms with Crippen LogP contribution in [-0.2, 0) is 9.59 Å². The number of hydrogen-bond acceptors (Lipinski definition) is 2. The highest BCUT2D eigenvalue weighted by Crippen LogP contribution is 2.55. The van der Waals surface area contributed by atoms with Crippen LogP contribution in [-0.4, -0.2) is 36.3 Å². The molecule has 0 saturated carbocycles. The molecule has 0 radical (unpaired) electrons. The van der Waals surface area contributed by atoms with E-state index in [0.717, 1.165) is 25.8 Å². The summed E-state index contributed by atoms with van der Waals surface area (Å²) in [4.78, 5) is 27.1. The minimum absolute atomic E-state index is 0.0246. The molecule has 1 atom stereocenters. The number of likely N-dealkylation sites (tertiary alicyclic amines) is 1. The molecule has 2 bridgehead atoms. The molecule has 2 aromatic carbocycles. The van der Waals surface area contributed by atoms with Crippen LogP contribution in [0.3, 0.4) is 0 Å². The van der Waals surface area contributed by atoms with E-state index in [0.29, 0.717) is 30.8 Å². The molecule has 4 nitrogen and oxygen atoms in total. The van der Waals surface area contributed by atoms with Gasteiger partial charge in [-0.2, -0.15) is 0 Å². The van der Waals surface area contributed by atoms with Crippen LogP contribution in [0.4, 0.5) is 0 Å². The summed E-state index contributed by atoms with van der Waals surface area (Å²) < 4.78 is 0. The van der Waals surface area contributed by atoms with Crippen molar-refractivity contribution in [3.05, 3.63) is 70.8 Å². The summed E-state index contributed by atoms with van der Waals surface area (Å²) in [7, 11) is 0. The zero-order valence-corrected chi connectivity index (χ0v) is 18.5. The second-order valence-corrected chi connectivity index (χ2v) is 9.78. The van der Waals surface area contributed by atoms with E-state index in [2.05, 4.69) is 53.8 Å². The van der Waals surface area contributed by atoms with E-state index in [4.69, 9.17) is 0 Å². The van der Waals surface area contributed by atoms with Crippen LogP contribution >= 0.6 is 0 Å². The highest BCUT2D eigenvalue weighted by Gasteiger charge is 2.43. The fourth-order valence-corrected chi connectivity index (χ4v) is 6.06. The Morgan fingerprint density at radius 2 is 1.48 bits per heavy atom. The maximum atomic E-state index is 12.9. The second-order valence-electron chi connectivity index (χ2n) is 9.78. The van der Waals surface area contributed by atoms with E-state index in [1.807, 2.05) is 18.7 Å². The van der Waals surface area contributed by atoms with Crippen molar-refractivity contribution in [3.8, 4) is 0 Å². The number of hydrogen-bond donors (Lipinski definition) is 1. The quantitative estimate of drug-likeness (QED) is 0.808. The first-order valence-electron chi connectivity index (χ1n) is 11.8. The van der Waals surface area contributed by atoms with E-state index < -0.39 is 0 Å². The van der Waals surface area contributed by atoms with Crippen LogP contribution in [0.25, 0.3) is 0 Å². The van der Waals surface area contributed by atoms with Gasteiger partial charge in [-0.25, -0.2) is 0 Å². The fraction of sp³-hybridized carbons (Fsp3) is 0.481. The summed E-state index contributed by atoms with van der Waals surface area (Å²) in [5.74, 6) is 1.65. The molecular weight excluding hydrogens is 384 g/mol. The van der Waals surface area contributed by atoms with Crippen LogP contribution in [0.1, 0.15) is 67.2 Å². The second kappa shape index (κ2) is 8.14. The van der Waals surface area contributed by atoms with Gasteiger partial charge in [-0.05, 0) is 47.4 Å². The van der Waals surface area contributed by atoms with Gasteiger partial charge >= 0.3 is 0 Å². The smallest absolute Gasteiger partial charge is 0.225 e. The van der Waals surface area contributed by atoms with Crippen LogP contribution in [0.5, 0.6) is 0 Å². The van der Waals surface area contributed by atoms with Gasteiger partial charge in [0.1, 0.15) is 0 Å². The van der Waals surface area contributed by atoms with E-state index in [1.54, 1.807) is 0 Å². The fourth-order valence-electron chi connectivity index (χ4n) is 6.06. The summed E-state index contributed by atoms with van der Waals surface area (Å²) in [5.41, 5.74) is 5.82. The average molecular weight is 417 g/mol. The van der Waals surface area contributed by atoms with Crippen molar-refractivity contribution < 1.29 is 9.59 Å². The van der Waals surface area contributed by atoms with Gasteiger partial charge in [0.05, 0.1) is 0 Å². The number of piperidine rings is 1. The lowest BCUT2D eigenvalue weighted by Crippen LogP contribution is -2.46. The lowest BCUT2D eigenvalue weighted by molar-refractivity contribution is -0.138. The van der Waals surface area contributed by atoms with E-state index in [1.165, 1.54) is 22.3 Å². The van der Waals surface area contributed by atoms with Crippen LogP contribution < -0.4 is 5.32 Å². The number of nitrogens with one attached hydrogen (secondary N) is 1. The summed E-state index contributed by atoms with van der Waals surface area (Å²) in [6.45, 7) is 6.01. The van der Waals surface area contributed by atoms with Crippen molar-refractivity contribution in [1.82, 2.24) is 10.2 Å². The van der Waals surface area contributed by atoms with Crippen molar-refractivity contribution in [2.24, 2.45) is 17.8 Å². The third-order valence-electron chi connectivity index (χ3n) is 7.63. The number of amides is 2. The van der Waals surface area contributed by atoms with Crippen molar-refractivity contribution in [1.29, 1.82) is 0 Å². The first-order chi connectivity index (χ1) is 15.0. The Morgan fingerprint density at radius 1 is 0.935 bits per heavy atom. The Kier molecular flexibility index (Phi) is 5.33. The van der Waals surface area contributed by atoms with Crippen LogP contribution in [0, 0.1) is 17.8 Å². The van der Waals surface area contributed by atoms with Gasteiger partial charge in [0, 0.05) is 43.3 Å². The van der Waals surface area contributed by atoms with Crippen molar-refractivity contribution in [2.75, 3.05) is 19.6 Å². The number of rotatable bonds is 4. The van der Waals surface area contributed by atoms with E-state index >= 15 is 0 Å². The monoisotopic (exact) mass is 416 g/mol. The molecule has 0 aromatic heterocycles. The van der Waals surface area contributed by atoms with Gasteiger partial charge < -0.3 is 10.2 Å². The van der Waals surface area contributed by atoms with Gasteiger partial charge in [-0.15, -0.1) is 0 Å². The molecule has 0 spiro atoms. The Morgan fingerprint density at radius 3 is 2.03 bits per heavy atom. The molecule has 31 heavy (non-hydrogen) atoms. The van der Waals surface area contributed by atoms with Crippen molar-refractivity contribution in [2.45, 2.75) is 44.9 Å². The molecule has 1 saturated heterocycles. The third kappa shape index (κ3) is 3.56. The first-order valence-corrected chi connectivity index (χ1v) is 11.8. The molecule has 1 heterocycles. The molecule has 162 valence electrons. The van der Waals surface area contributed by atoms with Crippen molar-refractivity contribution in [3.63, 3.8) is 0 Å². The third-order valence-corrected chi connectivity index (χ3v) is 7.63. The minimum Gasteiger partial charge on any atom is -0.356 e. The predicted octanol–water partition coefficient (Wildman–Crippen LogP) is 4.29. The van der Waals surface area contributed by atoms with E-state index in [9.17, 15) is 9.59 Å². The number of benzene rings is 2. The lowest BCUT2D eigenvalue weighted by Gasteiger charge is -2.45. The van der Waals surface area contributed by atoms with Gasteiger partial charge in [0.25, 0.3) is 0 Å². The van der Waals surface area contributed by atoms with Crippen molar-refractivity contribution >= 4 is 11.8 Å². The average Bonchev–Trinajstić information content (AvgIpc) is 2.82. The molecule has 1 aliphatic heterocycles. The maximum absolute atomic E-state index is 12.9. The van der Waals surface area contributed by atoms with Crippen LogP contribution in [0.2, 0.25) is 0 Å². The largest absolute Gasteiger partial charge is 0.356 e. The molecule has 6 rings (SSSR count). The minimum atomic E-state index is 0.0246. The summed E-state index contributed by atoms with van der Waals surface area (Å²) in [5, 5.41) is 3.29. The number of nitrogens with zero attached hydrogens (tertiary/aromatic N) is 1. The lowest BCUT2D eigenvalue weighted by atomic mass is 9.59. The Labute approximate surface area is 185 Å². The van der Waals surface area contributed by atoms with Crippen LogP contribution in [0.15, 0.2) is 48.5 Å². The van der Waals surface area contributed by atoms with Gasteiger partial charge in [-0.1, -0.05) is 62.4 Å². The topological polar surface area (TPSA) is 49.4 Å². The predicted molar refractivity (Wildman–Crippen MR) is 122 cm³/mol. The normalized spacial score (nSPS) is 24.6. The maximum Gasteiger partial charge on any atom is 0.225 e. The number of fused-ring (bicyclic) bond motifs is 1. The number of carbonyl (C=O) groups excluding carboxylic acids is 2. The van der Waals surface area contributed by atoms with Gasteiger partial charge in [0.2, 0.25) is 11.8 Å². The molecule has 4 heteroatoms. The summed E-state index contributed by atoms with van der Waals surface area (Å²) in [6.07, 6.45) is 2.64. The standard InChI is InChI=1S/C27H32N2O2/c1-17(2)27(31)29-13-11-18(12-14-29)26(30)28-16-19-15-24-20-7-3-5-9-22(20)25(19)23-10-6-4-8-21(23)24/h3-10,17-19,24-25H,11-16H2,1-2H3,(H,28,30)/t19-,24?,25?/m1/s1. The summed E-state index contributed by atoms with van der Waals surface area (Å²) >= 11 is 0. The van der Waals surface area contributed by atoms with Gasteiger partial charge in [0.15, 0.2) is 0 Å². The highest BCUT2D eigenvalue weighted by molar-refractivity contribution is 5.80. The number of carbonyl (C=O) groups is 2. The SMILES string of the molecule is CC(C)C(=O)N1CCC(C(=O)NC[C@H]2CC3c4ccccc4C2c2ccccc23)CC1. The molecule has 1 N–H and O–H groups in total. The molecule has 4 aliphatic rings. The molecule has 2 amide bonds. The Balaban J connectivity index is 1.25. The van der Waals surface area contributed by atoms with E-state index in [-0.39, 0.29) is 23.7 Å².